The Hall–Kier alpha value is -3.28. The molecule has 0 spiro atoms. The van der Waals surface area contributed by atoms with Gasteiger partial charge in [0.2, 0.25) is 5.95 Å². The Labute approximate surface area is 225 Å². The maximum Gasteiger partial charge on any atom is 0.229 e. The molecule has 1 saturated carbocycles. The maximum absolute atomic E-state index is 15.0. The molecule has 1 aromatic carbocycles. The van der Waals surface area contributed by atoms with Gasteiger partial charge in [-0.05, 0) is 48.4 Å². The zero-order valence-corrected chi connectivity index (χ0v) is 22.0. The minimum Gasteiger partial charge on any atom is -0.491 e. The van der Waals surface area contributed by atoms with Gasteiger partial charge in [-0.1, -0.05) is 6.92 Å². The van der Waals surface area contributed by atoms with Crippen LogP contribution in [0, 0.1) is 17.6 Å². The van der Waals surface area contributed by atoms with Gasteiger partial charge in [-0.2, -0.15) is 22.2 Å². The summed E-state index contributed by atoms with van der Waals surface area (Å²) >= 11 is 4.68. The minimum atomic E-state index is -0.779. The first-order valence-electron chi connectivity index (χ1n) is 12.5. The summed E-state index contributed by atoms with van der Waals surface area (Å²) < 4.78 is 41.7. The second kappa shape index (κ2) is 11.2. The highest BCUT2D eigenvalue weighted by Crippen LogP contribution is 2.40. The number of anilines is 2. The second-order valence-corrected chi connectivity index (χ2v) is 10.2. The first-order valence-corrected chi connectivity index (χ1v) is 13.0. The highest BCUT2D eigenvalue weighted by molar-refractivity contribution is 7.81. The van der Waals surface area contributed by atoms with Gasteiger partial charge in [0, 0.05) is 36.7 Å². The van der Waals surface area contributed by atoms with Crippen LogP contribution < -0.4 is 15.8 Å². The van der Waals surface area contributed by atoms with E-state index in [9.17, 15) is 8.78 Å². The fourth-order valence-electron chi connectivity index (χ4n) is 5.04. The van der Waals surface area contributed by atoms with E-state index in [2.05, 4.69) is 39.9 Å². The molecule has 0 bridgehead atoms. The molecule has 0 amide bonds. The molecule has 1 aliphatic rings. The van der Waals surface area contributed by atoms with Crippen molar-refractivity contribution in [3.63, 3.8) is 0 Å². The molecule has 4 atom stereocenters. The van der Waals surface area contributed by atoms with E-state index in [1.165, 1.54) is 11.6 Å². The minimum absolute atomic E-state index is 0.00821. The zero-order valence-electron chi connectivity index (χ0n) is 21.1. The fraction of sp³-hybridized carbons (Fsp3) is 0.370. The van der Waals surface area contributed by atoms with Gasteiger partial charge in [0.25, 0.3) is 0 Å². The first kappa shape index (κ1) is 26.3. The standard InChI is InChI=1S/C27H30F2N6O2S/c1-15-9-16(10-22(30)26(15)38)19-5-6-31-14-24(19)33-27-32-13-17-3-4-23(34-35(17)27)25-20(28)11-18(12-21(25)29)37-8-7-36-2/h3-6,11-16,22,26,38H,7-10,30H2,1-2H3,(H,32,33). The molecule has 8 nitrogen and oxygen atoms in total. The van der Waals surface area contributed by atoms with Crippen LogP contribution in [0.2, 0.25) is 0 Å². The summed E-state index contributed by atoms with van der Waals surface area (Å²) in [6.07, 6.45) is 6.90. The number of benzene rings is 1. The van der Waals surface area contributed by atoms with E-state index in [1.54, 1.807) is 30.7 Å². The van der Waals surface area contributed by atoms with Crippen molar-refractivity contribution >= 4 is 29.8 Å². The van der Waals surface area contributed by atoms with Gasteiger partial charge in [0.05, 0.1) is 41.5 Å². The molecule has 38 heavy (non-hydrogen) atoms. The normalized spacial score (nSPS) is 21.5. The van der Waals surface area contributed by atoms with Crippen LogP contribution in [0.25, 0.3) is 16.8 Å². The average molecular weight is 541 g/mol. The molecule has 3 heterocycles. The van der Waals surface area contributed by atoms with E-state index in [-0.39, 0.29) is 40.8 Å². The number of ether oxygens (including phenoxy) is 2. The topological polar surface area (TPSA) is 99.6 Å². The predicted molar refractivity (Wildman–Crippen MR) is 145 cm³/mol. The molecule has 1 aliphatic carbocycles. The number of hydrogen-bond donors (Lipinski definition) is 3. The van der Waals surface area contributed by atoms with Crippen LogP contribution in [0.5, 0.6) is 5.75 Å². The number of rotatable bonds is 8. The van der Waals surface area contributed by atoms with Gasteiger partial charge in [-0.25, -0.2) is 13.8 Å². The van der Waals surface area contributed by atoms with Crippen molar-refractivity contribution in [3.05, 3.63) is 66.1 Å². The Morgan fingerprint density at radius 1 is 1.13 bits per heavy atom. The predicted octanol–water partition coefficient (Wildman–Crippen LogP) is 4.98. The fourth-order valence-corrected chi connectivity index (χ4v) is 5.28. The molecule has 3 aromatic heterocycles. The molecule has 0 saturated heterocycles. The summed E-state index contributed by atoms with van der Waals surface area (Å²) in [6.45, 7) is 2.66. The van der Waals surface area contributed by atoms with Crippen LogP contribution in [0.1, 0.15) is 31.2 Å². The average Bonchev–Trinajstić information content (AvgIpc) is 3.29. The van der Waals surface area contributed by atoms with Crippen LogP contribution in [0.4, 0.5) is 20.4 Å². The summed E-state index contributed by atoms with van der Waals surface area (Å²) in [5, 5.41) is 7.99. The number of hydrogen-bond acceptors (Lipinski definition) is 8. The smallest absolute Gasteiger partial charge is 0.229 e. The molecule has 5 rings (SSSR count). The lowest BCUT2D eigenvalue weighted by atomic mass is 9.76. The molecule has 4 aromatic rings. The van der Waals surface area contributed by atoms with Crippen molar-refractivity contribution in [2.24, 2.45) is 11.7 Å². The summed E-state index contributed by atoms with van der Waals surface area (Å²) in [4.78, 5) is 8.75. The van der Waals surface area contributed by atoms with Gasteiger partial charge in [-0.15, -0.1) is 0 Å². The van der Waals surface area contributed by atoms with Crippen LogP contribution >= 0.6 is 12.6 Å². The van der Waals surface area contributed by atoms with Gasteiger partial charge >= 0.3 is 0 Å². The van der Waals surface area contributed by atoms with E-state index in [1.807, 2.05) is 6.07 Å². The number of nitrogens with two attached hydrogens (primary N) is 1. The van der Waals surface area contributed by atoms with E-state index >= 15 is 0 Å². The van der Waals surface area contributed by atoms with E-state index in [0.29, 0.717) is 24.0 Å². The number of aromatic nitrogens is 4. The molecule has 1 fully saturated rings. The summed E-state index contributed by atoms with van der Waals surface area (Å²) in [5.41, 5.74) is 8.77. The molecule has 200 valence electrons. The number of nitrogens with one attached hydrogen (secondary N) is 1. The van der Waals surface area contributed by atoms with E-state index in [0.717, 1.165) is 36.2 Å². The van der Waals surface area contributed by atoms with Crippen LogP contribution in [-0.4, -0.2) is 51.2 Å². The lowest BCUT2D eigenvalue weighted by molar-refractivity contribution is 0.146. The van der Waals surface area contributed by atoms with Crippen LogP contribution in [-0.2, 0) is 4.74 Å². The van der Waals surface area contributed by atoms with E-state index < -0.39 is 11.6 Å². The van der Waals surface area contributed by atoms with E-state index in [4.69, 9.17) is 15.2 Å². The van der Waals surface area contributed by atoms with Gasteiger partial charge in [0.1, 0.15) is 24.0 Å². The molecule has 0 radical (unpaired) electrons. The third-order valence-corrected chi connectivity index (χ3v) is 7.88. The van der Waals surface area contributed by atoms with Crippen molar-refractivity contribution in [1.29, 1.82) is 0 Å². The highest BCUT2D eigenvalue weighted by atomic mass is 32.1. The third kappa shape index (κ3) is 5.31. The largest absolute Gasteiger partial charge is 0.491 e. The zero-order chi connectivity index (χ0) is 26.8. The lowest BCUT2D eigenvalue weighted by Crippen LogP contribution is -2.41. The number of thiol groups is 1. The maximum atomic E-state index is 15.0. The Morgan fingerprint density at radius 2 is 1.92 bits per heavy atom. The molecular formula is C27H30F2N6O2S. The van der Waals surface area contributed by atoms with Gasteiger partial charge < -0.3 is 20.5 Å². The van der Waals surface area contributed by atoms with Gasteiger partial charge in [-0.3, -0.25) is 4.98 Å². The Bertz CT molecular complexity index is 1400. The SMILES string of the molecule is COCCOc1cc(F)c(-c2ccc3cnc(Nc4cnccc4C4CC(C)C(S)C(N)C4)n3n2)c(F)c1. The molecule has 0 aliphatic heterocycles. The molecular weight excluding hydrogens is 510 g/mol. The lowest BCUT2D eigenvalue weighted by Gasteiger charge is -2.37. The Kier molecular flexibility index (Phi) is 7.78. The second-order valence-electron chi connectivity index (χ2n) is 9.63. The number of imidazole rings is 1. The monoisotopic (exact) mass is 540 g/mol. The van der Waals surface area contributed by atoms with Crippen molar-refractivity contribution in [2.75, 3.05) is 25.6 Å². The number of fused-ring (bicyclic) bond motifs is 1. The van der Waals surface area contributed by atoms with Crippen molar-refractivity contribution in [2.45, 2.75) is 37.0 Å². The number of nitrogens with zero attached hydrogens (tertiary/aromatic N) is 4. The number of methoxy groups -OCH3 is 1. The highest BCUT2D eigenvalue weighted by Gasteiger charge is 2.33. The Morgan fingerprint density at radius 3 is 2.66 bits per heavy atom. The summed E-state index contributed by atoms with van der Waals surface area (Å²) in [7, 11) is 1.52. The van der Waals surface area contributed by atoms with Crippen molar-refractivity contribution < 1.29 is 18.3 Å². The van der Waals surface area contributed by atoms with Crippen LogP contribution in [0.3, 0.4) is 0 Å². The van der Waals surface area contributed by atoms with Crippen molar-refractivity contribution in [3.8, 4) is 17.0 Å². The third-order valence-electron chi connectivity index (χ3n) is 6.99. The molecule has 3 N–H and O–H groups in total. The number of halogens is 2. The summed E-state index contributed by atoms with van der Waals surface area (Å²) in [5.74, 6) is -0.478. The first-order chi connectivity index (χ1) is 18.4. The quantitative estimate of drug-likeness (QED) is 0.214. The summed E-state index contributed by atoms with van der Waals surface area (Å²) in [6, 6.07) is 7.52. The van der Waals surface area contributed by atoms with Crippen molar-refractivity contribution in [1.82, 2.24) is 19.6 Å². The molecule has 11 heteroatoms. The van der Waals surface area contributed by atoms with Gasteiger partial charge in [0.15, 0.2) is 0 Å². The van der Waals surface area contributed by atoms with Crippen LogP contribution in [0.15, 0.2) is 48.9 Å². The Balaban J connectivity index is 1.45. The number of pyridine rings is 1. The molecule has 4 unspecified atom stereocenters.